The number of anilines is 1. The molecule has 0 bridgehead atoms. The van der Waals surface area contributed by atoms with Gasteiger partial charge in [-0.3, -0.25) is 9.59 Å². The van der Waals surface area contributed by atoms with E-state index in [1.54, 1.807) is 17.0 Å². The molecule has 6 heteroatoms. The first-order chi connectivity index (χ1) is 10.6. The summed E-state index contributed by atoms with van der Waals surface area (Å²) in [6, 6.07) is 7.48. The Morgan fingerprint density at radius 3 is 2.91 bits per heavy atom. The number of nitrogens with one attached hydrogen (secondary N) is 1. The molecule has 0 unspecified atom stereocenters. The van der Waals surface area contributed by atoms with Gasteiger partial charge in [-0.05, 0) is 31.5 Å². The molecular formula is C16H20ClN3O2. The maximum Gasteiger partial charge on any atom is 0.239 e. The first kappa shape index (κ1) is 15.3. The van der Waals surface area contributed by atoms with Crippen molar-refractivity contribution in [3.05, 3.63) is 29.3 Å². The third kappa shape index (κ3) is 2.96. The van der Waals surface area contributed by atoms with E-state index in [1.165, 1.54) is 0 Å². The normalized spacial score (nSPS) is 25.6. The maximum absolute atomic E-state index is 12.6. The van der Waals surface area contributed by atoms with Crippen molar-refractivity contribution in [3.8, 4) is 0 Å². The van der Waals surface area contributed by atoms with Crippen LogP contribution in [0.4, 0.5) is 5.69 Å². The summed E-state index contributed by atoms with van der Waals surface area (Å²) in [7, 11) is 0. The van der Waals surface area contributed by atoms with Gasteiger partial charge in [0, 0.05) is 42.9 Å². The molecular weight excluding hydrogens is 302 g/mol. The summed E-state index contributed by atoms with van der Waals surface area (Å²) in [6.07, 6.45) is 0.572. The highest BCUT2D eigenvalue weighted by Crippen LogP contribution is 2.28. The molecule has 1 N–H and O–H groups in total. The standard InChI is InChI=1S/C16H20ClN3O2/c1-11-10-19(8-6-18-11)15(21)14-5-7-20(16(14)22)13-4-2-3-12(17)9-13/h2-4,9,11,14,18H,5-8,10H2,1H3/t11-,14+/m1/s1. The topological polar surface area (TPSA) is 52.7 Å². The first-order valence-electron chi connectivity index (χ1n) is 7.65. The number of piperazine rings is 1. The molecule has 22 heavy (non-hydrogen) atoms. The first-order valence-corrected chi connectivity index (χ1v) is 8.03. The van der Waals surface area contributed by atoms with Crippen LogP contribution in [0.2, 0.25) is 5.02 Å². The van der Waals surface area contributed by atoms with E-state index >= 15 is 0 Å². The van der Waals surface area contributed by atoms with E-state index in [-0.39, 0.29) is 17.9 Å². The Labute approximate surface area is 135 Å². The molecule has 0 aromatic heterocycles. The highest BCUT2D eigenvalue weighted by Gasteiger charge is 2.40. The average Bonchev–Trinajstić information content (AvgIpc) is 2.88. The van der Waals surface area contributed by atoms with Gasteiger partial charge in [-0.2, -0.15) is 0 Å². The molecule has 5 nitrogen and oxygen atoms in total. The van der Waals surface area contributed by atoms with Crippen LogP contribution in [-0.4, -0.2) is 48.9 Å². The monoisotopic (exact) mass is 321 g/mol. The minimum absolute atomic E-state index is 0.0390. The fourth-order valence-electron chi connectivity index (χ4n) is 3.16. The van der Waals surface area contributed by atoms with Crippen molar-refractivity contribution in [2.75, 3.05) is 31.1 Å². The second-order valence-electron chi connectivity index (χ2n) is 5.95. The van der Waals surface area contributed by atoms with Gasteiger partial charge in [0.1, 0.15) is 5.92 Å². The van der Waals surface area contributed by atoms with Crippen molar-refractivity contribution in [1.82, 2.24) is 10.2 Å². The van der Waals surface area contributed by atoms with Crippen molar-refractivity contribution in [2.45, 2.75) is 19.4 Å². The maximum atomic E-state index is 12.6. The van der Waals surface area contributed by atoms with Gasteiger partial charge in [0.15, 0.2) is 0 Å². The highest BCUT2D eigenvalue weighted by molar-refractivity contribution is 6.31. The number of amides is 2. The number of rotatable bonds is 2. The van der Waals surface area contributed by atoms with Crippen LogP contribution in [0.3, 0.4) is 0 Å². The molecule has 0 aliphatic carbocycles. The van der Waals surface area contributed by atoms with Crippen LogP contribution < -0.4 is 10.2 Å². The average molecular weight is 322 g/mol. The third-order valence-electron chi connectivity index (χ3n) is 4.30. The number of carbonyl (C=O) groups excluding carboxylic acids is 2. The lowest BCUT2D eigenvalue weighted by Gasteiger charge is -2.33. The van der Waals surface area contributed by atoms with Crippen molar-refractivity contribution in [3.63, 3.8) is 0 Å². The number of nitrogens with zero attached hydrogens (tertiary/aromatic N) is 2. The fourth-order valence-corrected chi connectivity index (χ4v) is 3.35. The number of hydrogen-bond donors (Lipinski definition) is 1. The van der Waals surface area contributed by atoms with Crippen molar-refractivity contribution in [2.24, 2.45) is 5.92 Å². The smallest absolute Gasteiger partial charge is 0.239 e. The molecule has 2 atom stereocenters. The van der Waals surface area contributed by atoms with Crippen LogP contribution >= 0.6 is 11.6 Å². The summed E-state index contributed by atoms with van der Waals surface area (Å²) in [5.74, 6) is -0.703. The molecule has 2 saturated heterocycles. The van der Waals surface area contributed by atoms with E-state index in [1.807, 2.05) is 24.0 Å². The Kier molecular flexibility index (Phi) is 4.36. The molecule has 3 rings (SSSR count). The second-order valence-corrected chi connectivity index (χ2v) is 6.39. The zero-order valence-electron chi connectivity index (χ0n) is 12.6. The van der Waals surface area contributed by atoms with Crippen LogP contribution in [0.25, 0.3) is 0 Å². The van der Waals surface area contributed by atoms with Crippen molar-refractivity contribution >= 4 is 29.1 Å². The SMILES string of the molecule is C[C@@H]1CN(C(=O)[C@@H]2CCN(c3cccc(Cl)c3)C2=O)CCN1. The summed E-state index contributed by atoms with van der Waals surface area (Å²) in [6.45, 7) is 4.74. The Balaban J connectivity index is 1.72. The summed E-state index contributed by atoms with van der Waals surface area (Å²) in [4.78, 5) is 28.7. The largest absolute Gasteiger partial charge is 0.339 e. The van der Waals surface area contributed by atoms with Crippen molar-refractivity contribution in [1.29, 1.82) is 0 Å². The quantitative estimate of drug-likeness (QED) is 0.840. The summed E-state index contributed by atoms with van der Waals surface area (Å²) in [5.41, 5.74) is 0.765. The van der Waals surface area contributed by atoms with Gasteiger partial charge in [-0.25, -0.2) is 0 Å². The molecule has 2 amide bonds. The van der Waals surface area contributed by atoms with E-state index < -0.39 is 5.92 Å². The molecule has 0 radical (unpaired) electrons. The zero-order chi connectivity index (χ0) is 15.7. The number of hydrogen-bond acceptors (Lipinski definition) is 3. The van der Waals surface area contributed by atoms with Gasteiger partial charge in [0.05, 0.1) is 0 Å². The minimum Gasteiger partial charge on any atom is -0.339 e. The summed E-state index contributed by atoms with van der Waals surface area (Å²) >= 11 is 5.99. The Bertz CT molecular complexity index is 593. The van der Waals surface area contributed by atoms with Crippen LogP contribution in [0, 0.1) is 5.92 Å². The summed E-state index contributed by atoms with van der Waals surface area (Å²) in [5, 5.41) is 3.90. The Hall–Kier alpha value is -1.59. The second kappa shape index (κ2) is 6.26. The zero-order valence-corrected chi connectivity index (χ0v) is 13.3. The molecule has 118 valence electrons. The lowest BCUT2D eigenvalue weighted by Crippen LogP contribution is -2.53. The van der Waals surface area contributed by atoms with Gasteiger partial charge in [-0.15, -0.1) is 0 Å². The van der Waals surface area contributed by atoms with Gasteiger partial charge in [-0.1, -0.05) is 17.7 Å². The van der Waals surface area contributed by atoms with E-state index in [2.05, 4.69) is 5.32 Å². The molecule has 0 spiro atoms. The molecule has 1 aromatic rings. The molecule has 2 aliphatic heterocycles. The number of benzene rings is 1. The number of carbonyl (C=O) groups is 2. The van der Waals surface area contributed by atoms with Crippen LogP contribution in [-0.2, 0) is 9.59 Å². The van der Waals surface area contributed by atoms with Gasteiger partial charge in [0.2, 0.25) is 11.8 Å². The van der Waals surface area contributed by atoms with E-state index in [0.717, 1.165) is 12.2 Å². The molecule has 2 aliphatic rings. The number of halogens is 1. The molecule has 1 aromatic carbocycles. The van der Waals surface area contributed by atoms with Crippen LogP contribution in [0.5, 0.6) is 0 Å². The lowest BCUT2D eigenvalue weighted by molar-refractivity contribution is -0.140. The van der Waals surface area contributed by atoms with Gasteiger partial charge < -0.3 is 15.1 Å². The highest BCUT2D eigenvalue weighted by atomic mass is 35.5. The van der Waals surface area contributed by atoms with E-state index in [9.17, 15) is 9.59 Å². The van der Waals surface area contributed by atoms with Crippen LogP contribution in [0.15, 0.2) is 24.3 Å². The molecule has 0 saturated carbocycles. The predicted octanol–water partition coefficient (Wildman–Crippen LogP) is 1.51. The molecule has 2 heterocycles. The van der Waals surface area contributed by atoms with Gasteiger partial charge >= 0.3 is 0 Å². The predicted molar refractivity (Wildman–Crippen MR) is 86.0 cm³/mol. The van der Waals surface area contributed by atoms with E-state index in [0.29, 0.717) is 31.1 Å². The van der Waals surface area contributed by atoms with E-state index in [4.69, 9.17) is 11.6 Å². The minimum atomic E-state index is -0.552. The molecule has 2 fully saturated rings. The Morgan fingerprint density at radius 1 is 1.36 bits per heavy atom. The fraction of sp³-hybridized carbons (Fsp3) is 0.500. The summed E-state index contributed by atoms with van der Waals surface area (Å²) < 4.78 is 0. The third-order valence-corrected chi connectivity index (χ3v) is 4.54. The van der Waals surface area contributed by atoms with Crippen LogP contribution in [0.1, 0.15) is 13.3 Å². The van der Waals surface area contributed by atoms with Gasteiger partial charge in [0.25, 0.3) is 0 Å². The Morgan fingerprint density at radius 2 is 2.18 bits per heavy atom. The van der Waals surface area contributed by atoms with Crippen molar-refractivity contribution < 1.29 is 9.59 Å². The lowest BCUT2D eigenvalue weighted by atomic mass is 10.1.